The molecule has 1 amide bonds. The van der Waals surface area contributed by atoms with Crippen LogP contribution in [-0.2, 0) is 20.7 Å². The molecule has 7 nitrogen and oxygen atoms in total. The minimum Gasteiger partial charge on any atom is -0.493 e. The van der Waals surface area contributed by atoms with Crippen LogP contribution in [0, 0.1) is 5.92 Å². The van der Waals surface area contributed by atoms with E-state index >= 15 is 0 Å². The average Bonchev–Trinajstić information content (AvgIpc) is 2.76. The van der Waals surface area contributed by atoms with Gasteiger partial charge >= 0.3 is 5.97 Å². The van der Waals surface area contributed by atoms with Crippen molar-refractivity contribution in [2.24, 2.45) is 5.92 Å². The van der Waals surface area contributed by atoms with Crippen molar-refractivity contribution in [1.29, 1.82) is 0 Å². The van der Waals surface area contributed by atoms with E-state index in [9.17, 15) is 9.59 Å². The molecule has 0 saturated carbocycles. The number of amides is 1. The fourth-order valence-corrected chi connectivity index (χ4v) is 4.07. The van der Waals surface area contributed by atoms with Crippen molar-refractivity contribution in [3.05, 3.63) is 23.8 Å². The van der Waals surface area contributed by atoms with E-state index in [1.54, 1.807) is 14.2 Å². The van der Waals surface area contributed by atoms with Crippen LogP contribution in [0.15, 0.2) is 18.2 Å². The number of esters is 1. The third kappa shape index (κ3) is 8.02. The Bertz CT molecular complexity index is 736. The van der Waals surface area contributed by atoms with E-state index in [-0.39, 0.29) is 18.3 Å². The number of carbonyl (C=O) groups is 2. The van der Waals surface area contributed by atoms with Gasteiger partial charge in [-0.05, 0) is 42.9 Å². The predicted octanol–water partition coefficient (Wildman–Crippen LogP) is 2.66. The summed E-state index contributed by atoms with van der Waals surface area (Å²) in [7, 11) is 3.16. The van der Waals surface area contributed by atoms with Gasteiger partial charge < -0.3 is 24.4 Å². The van der Waals surface area contributed by atoms with Crippen LogP contribution in [0.5, 0.6) is 11.5 Å². The molecule has 1 aromatic rings. The van der Waals surface area contributed by atoms with Crippen molar-refractivity contribution in [3.63, 3.8) is 0 Å². The third-order valence-corrected chi connectivity index (χ3v) is 6.40. The van der Waals surface area contributed by atoms with E-state index in [1.165, 1.54) is 11.8 Å². The average molecular weight is 455 g/mol. The first-order valence-electron chi connectivity index (χ1n) is 9.97. The van der Waals surface area contributed by atoms with Crippen LogP contribution in [0.1, 0.15) is 25.3 Å². The van der Waals surface area contributed by atoms with Gasteiger partial charge in [0.15, 0.2) is 18.1 Å². The van der Waals surface area contributed by atoms with E-state index in [0.717, 1.165) is 41.7 Å². The van der Waals surface area contributed by atoms with Crippen molar-refractivity contribution < 1.29 is 23.8 Å². The van der Waals surface area contributed by atoms with Crippen LogP contribution in [0.25, 0.3) is 0 Å². The molecule has 1 N–H and O–H groups in total. The highest BCUT2D eigenvalue weighted by atomic mass is 32.2. The molecule has 0 aliphatic carbocycles. The highest BCUT2D eigenvalue weighted by molar-refractivity contribution is 8.23. The third-order valence-electron chi connectivity index (χ3n) is 4.90. The molecule has 1 aliphatic rings. The van der Waals surface area contributed by atoms with Crippen LogP contribution in [0.2, 0.25) is 0 Å². The van der Waals surface area contributed by atoms with E-state index in [4.69, 9.17) is 26.4 Å². The first kappa shape index (κ1) is 24.3. The van der Waals surface area contributed by atoms with Gasteiger partial charge in [0.1, 0.15) is 4.32 Å². The standard InChI is InChI=1S/C21H30N2O5S2/c1-15-7-10-23(11-8-15)21(29)30-14-20(25)28-13-19(24)22-9-6-16-4-5-17(26-2)18(12-16)27-3/h4-5,12,15H,6-11,13-14H2,1-3H3,(H,22,24). The van der Waals surface area contributed by atoms with Crippen LogP contribution in [0.4, 0.5) is 0 Å². The summed E-state index contributed by atoms with van der Waals surface area (Å²) < 4.78 is 16.2. The molecule has 1 aliphatic heterocycles. The normalized spacial score (nSPS) is 14.2. The predicted molar refractivity (Wildman–Crippen MR) is 122 cm³/mol. The Labute approximate surface area is 187 Å². The van der Waals surface area contributed by atoms with Crippen molar-refractivity contribution >= 4 is 40.2 Å². The maximum Gasteiger partial charge on any atom is 0.316 e. The maximum absolute atomic E-state index is 11.9. The summed E-state index contributed by atoms with van der Waals surface area (Å²) in [5, 5.41) is 2.74. The molecule has 166 valence electrons. The molecule has 2 rings (SSSR count). The number of hydrogen-bond acceptors (Lipinski definition) is 7. The zero-order valence-corrected chi connectivity index (χ0v) is 19.4. The second-order valence-electron chi connectivity index (χ2n) is 7.17. The van der Waals surface area contributed by atoms with E-state index < -0.39 is 5.97 Å². The quantitative estimate of drug-likeness (QED) is 0.451. The summed E-state index contributed by atoms with van der Waals surface area (Å²) in [6.45, 7) is 4.25. The lowest BCUT2D eigenvalue weighted by atomic mass is 10.00. The van der Waals surface area contributed by atoms with Gasteiger partial charge in [-0.3, -0.25) is 9.59 Å². The van der Waals surface area contributed by atoms with Crippen molar-refractivity contribution in [2.75, 3.05) is 46.2 Å². The zero-order valence-electron chi connectivity index (χ0n) is 17.8. The number of carbonyl (C=O) groups excluding carboxylic acids is 2. The molecular weight excluding hydrogens is 424 g/mol. The highest BCUT2D eigenvalue weighted by Gasteiger charge is 2.19. The molecule has 0 spiro atoms. The number of methoxy groups -OCH3 is 2. The van der Waals surface area contributed by atoms with Gasteiger partial charge in [0.05, 0.1) is 20.0 Å². The number of thiocarbonyl (C=S) groups is 1. The summed E-state index contributed by atoms with van der Waals surface area (Å²) in [6, 6.07) is 5.61. The number of nitrogens with zero attached hydrogens (tertiary/aromatic N) is 1. The van der Waals surface area contributed by atoms with Gasteiger partial charge in [0.25, 0.3) is 5.91 Å². The fraction of sp³-hybridized carbons (Fsp3) is 0.571. The second kappa shape index (κ2) is 12.6. The number of nitrogens with one attached hydrogen (secondary N) is 1. The van der Waals surface area contributed by atoms with Gasteiger partial charge in [-0.2, -0.15) is 0 Å². The van der Waals surface area contributed by atoms with Gasteiger partial charge in [0.2, 0.25) is 0 Å². The SMILES string of the molecule is COc1ccc(CCNC(=O)COC(=O)CSC(=S)N2CCC(C)CC2)cc1OC. The van der Waals surface area contributed by atoms with Gasteiger partial charge in [0, 0.05) is 19.6 Å². The summed E-state index contributed by atoms with van der Waals surface area (Å²) in [4.78, 5) is 25.9. The molecule has 0 bridgehead atoms. The molecule has 9 heteroatoms. The number of rotatable bonds is 9. The zero-order chi connectivity index (χ0) is 21.9. The van der Waals surface area contributed by atoms with Crippen LogP contribution >= 0.6 is 24.0 Å². The molecule has 30 heavy (non-hydrogen) atoms. The summed E-state index contributed by atoms with van der Waals surface area (Å²) >= 11 is 6.68. The second-order valence-corrected chi connectivity index (χ2v) is 8.78. The highest BCUT2D eigenvalue weighted by Crippen LogP contribution is 2.27. The molecule has 1 aromatic carbocycles. The fourth-order valence-electron chi connectivity index (χ4n) is 3.02. The number of piperidine rings is 1. The lowest BCUT2D eigenvalue weighted by Gasteiger charge is -2.31. The largest absolute Gasteiger partial charge is 0.493 e. The van der Waals surface area contributed by atoms with Crippen molar-refractivity contribution in [2.45, 2.75) is 26.2 Å². The lowest BCUT2D eigenvalue weighted by molar-refractivity contribution is -0.145. The molecule has 1 fully saturated rings. The summed E-state index contributed by atoms with van der Waals surface area (Å²) in [5.74, 6) is 1.37. The maximum atomic E-state index is 11.9. The number of benzene rings is 1. The topological polar surface area (TPSA) is 77.1 Å². The summed E-state index contributed by atoms with van der Waals surface area (Å²) in [5.41, 5.74) is 1.00. The molecule has 0 aromatic heterocycles. The first-order valence-corrected chi connectivity index (χ1v) is 11.4. The minimum absolute atomic E-state index is 0.115. The summed E-state index contributed by atoms with van der Waals surface area (Å²) in [6.07, 6.45) is 2.86. The Morgan fingerprint density at radius 3 is 2.57 bits per heavy atom. The van der Waals surface area contributed by atoms with Crippen LogP contribution in [0.3, 0.4) is 0 Å². The van der Waals surface area contributed by atoms with E-state index in [0.29, 0.717) is 24.5 Å². The Hall–Kier alpha value is -2.00. The number of likely N-dealkylation sites (tertiary alicyclic amines) is 1. The molecule has 0 atom stereocenters. The Balaban J connectivity index is 1.61. The smallest absolute Gasteiger partial charge is 0.316 e. The van der Waals surface area contributed by atoms with E-state index in [1.807, 2.05) is 18.2 Å². The Morgan fingerprint density at radius 1 is 1.20 bits per heavy atom. The Morgan fingerprint density at radius 2 is 1.90 bits per heavy atom. The van der Waals surface area contributed by atoms with Gasteiger partial charge in [-0.1, -0.05) is 37.0 Å². The van der Waals surface area contributed by atoms with Crippen molar-refractivity contribution in [1.82, 2.24) is 10.2 Å². The number of ether oxygens (including phenoxy) is 3. The number of thioether (sulfide) groups is 1. The first-order chi connectivity index (χ1) is 14.4. The lowest BCUT2D eigenvalue weighted by Crippen LogP contribution is -2.36. The Kier molecular flexibility index (Phi) is 10.2. The van der Waals surface area contributed by atoms with Gasteiger partial charge in [-0.15, -0.1) is 0 Å². The molecule has 0 unspecified atom stereocenters. The van der Waals surface area contributed by atoms with Crippen LogP contribution < -0.4 is 14.8 Å². The van der Waals surface area contributed by atoms with E-state index in [2.05, 4.69) is 17.1 Å². The van der Waals surface area contributed by atoms with Gasteiger partial charge in [-0.25, -0.2) is 0 Å². The molecule has 1 heterocycles. The number of hydrogen-bond donors (Lipinski definition) is 1. The van der Waals surface area contributed by atoms with Crippen molar-refractivity contribution in [3.8, 4) is 11.5 Å². The minimum atomic E-state index is -0.442. The van der Waals surface area contributed by atoms with Crippen LogP contribution in [-0.4, -0.2) is 67.3 Å². The molecule has 0 radical (unpaired) electrons. The molecular formula is C21H30N2O5S2. The molecule has 1 saturated heterocycles. The monoisotopic (exact) mass is 454 g/mol.